The highest BCUT2D eigenvalue weighted by atomic mass is 35.5. The molecule has 0 aliphatic rings. The van der Waals surface area contributed by atoms with Gasteiger partial charge in [0.1, 0.15) is 5.02 Å². The number of amides is 2. The molecular weight excluding hydrogens is 465 g/mol. The van der Waals surface area contributed by atoms with Crippen LogP contribution in [0.1, 0.15) is 0 Å². The topological polar surface area (TPSA) is 113 Å². The number of nitrogens with zero attached hydrogens (tertiary/aromatic N) is 3. The molecule has 0 bridgehead atoms. The van der Waals surface area contributed by atoms with Crippen LogP contribution in [0.4, 0.5) is 16.2 Å². The number of aromatic nitrogens is 2. The van der Waals surface area contributed by atoms with Gasteiger partial charge >= 0.3 is 6.03 Å². The van der Waals surface area contributed by atoms with E-state index in [1.807, 2.05) is 0 Å². The second kappa shape index (κ2) is 8.96. The number of hydrogen-bond acceptors (Lipinski definition) is 5. The lowest BCUT2D eigenvalue weighted by Gasteiger charge is -2.16. The van der Waals surface area contributed by atoms with E-state index in [-0.39, 0.29) is 20.6 Å². The monoisotopic (exact) mass is 481 g/mol. The molecule has 0 aliphatic carbocycles. The summed E-state index contributed by atoms with van der Waals surface area (Å²) in [4.78, 5) is 25.4. The molecule has 0 unspecified atom stereocenters. The van der Waals surface area contributed by atoms with Crippen molar-refractivity contribution in [3.8, 4) is 5.69 Å². The zero-order valence-electron chi connectivity index (χ0n) is 16.3. The molecular formula is C19H17Cl2N5O4S. The predicted molar refractivity (Wildman–Crippen MR) is 120 cm³/mol. The number of sulfonamides is 1. The van der Waals surface area contributed by atoms with E-state index in [0.717, 1.165) is 4.68 Å². The number of carbonyl (C=O) groups excluding carboxylic acids is 1. The van der Waals surface area contributed by atoms with Crippen molar-refractivity contribution >= 4 is 50.6 Å². The van der Waals surface area contributed by atoms with Gasteiger partial charge in [-0.2, -0.15) is 9.78 Å². The van der Waals surface area contributed by atoms with Crippen LogP contribution in [0.5, 0.6) is 0 Å². The molecule has 3 rings (SSSR count). The van der Waals surface area contributed by atoms with E-state index in [1.165, 1.54) is 41.4 Å². The quantitative estimate of drug-likeness (QED) is 0.579. The van der Waals surface area contributed by atoms with Crippen molar-refractivity contribution in [1.29, 1.82) is 0 Å². The van der Waals surface area contributed by atoms with E-state index in [9.17, 15) is 18.0 Å². The van der Waals surface area contributed by atoms with Crippen molar-refractivity contribution in [2.75, 3.05) is 24.1 Å². The van der Waals surface area contributed by atoms with Crippen LogP contribution in [0, 0.1) is 0 Å². The van der Waals surface area contributed by atoms with Gasteiger partial charge in [-0.1, -0.05) is 35.3 Å². The van der Waals surface area contributed by atoms with Gasteiger partial charge < -0.3 is 10.2 Å². The van der Waals surface area contributed by atoms with Crippen molar-refractivity contribution in [3.63, 3.8) is 0 Å². The number of hydrogen-bond donors (Lipinski definition) is 2. The Morgan fingerprint density at radius 1 is 1.03 bits per heavy atom. The van der Waals surface area contributed by atoms with Gasteiger partial charge in [-0.05, 0) is 36.4 Å². The zero-order chi connectivity index (χ0) is 22.8. The average molecular weight is 482 g/mol. The van der Waals surface area contributed by atoms with Crippen LogP contribution in [-0.2, 0) is 10.0 Å². The highest BCUT2D eigenvalue weighted by Crippen LogP contribution is 2.25. The third kappa shape index (κ3) is 4.98. The van der Waals surface area contributed by atoms with Gasteiger partial charge in [0.05, 0.1) is 33.2 Å². The number of anilines is 2. The Morgan fingerprint density at radius 3 is 2.26 bits per heavy atom. The van der Waals surface area contributed by atoms with E-state index < -0.39 is 21.6 Å². The van der Waals surface area contributed by atoms with Gasteiger partial charge in [-0.3, -0.25) is 9.52 Å². The second-order valence-electron chi connectivity index (χ2n) is 6.49. The fraction of sp³-hybridized carbons (Fsp3) is 0.105. The fourth-order valence-corrected chi connectivity index (χ4v) is 3.81. The molecule has 12 heteroatoms. The molecule has 0 spiro atoms. The smallest absolute Gasteiger partial charge is 0.321 e. The van der Waals surface area contributed by atoms with Gasteiger partial charge in [0.25, 0.3) is 15.6 Å². The molecule has 0 saturated carbocycles. The lowest BCUT2D eigenvalue weighted by molar-refractivity contribution is 0.230. The summed E-state index contributed by atoms with van der Waals surface area (Å²) in [5.74, 6) is 0. The van der Waals surface area contributed by atoms with Crippen LogP contribution >= 0.6 is 23.2 Å². The van der Waals surface area contributed by atoms with Crippen molar-refractivity contribution in [2.24, 2.45) is 0 Å². The molecule has 2 aromatic carbocycles. The first-order chi connectivity index (χ1) is 14.6. The predicted octanol–water partition coefficient (Wildman–Crippen LogP) is 3.43. The van der Waals surface area contributed by atoms with Gasteiger partial charge in [0.15, 0.2) is 0 Å². The minimum Gasteiger partial charge on any atom is -0.331 e. The maximum absolute atomic E-state index is 12.8. The summed E-state index contributed by atoms with van der Waals surface area (Å²) in [5, 5.41) is 6.35. The number of rotatable bonds is 5. The molecule has 162 valence electrons. The second-order valence-corrected chi connectivity index (χ2v) is 8.96. The molecule has 0 fully saturated rings. The highest BCUT2D eigenvalue weighted by molar-refractivity contribution is 7.92. The molecule has 31 heavy (non-hydrogen) atoms. The van der Waals surface area contributed by atoms with Crippen molar-refractivity contribution in [3.05, 3.63) is 75.1 Å². The van der Waals surface area contributed by atoms with Crippen molar-refractivity contribution in [2.45, 2.75) is 4.90 Å². The summed E-state index contributed by atoms with van der Waals surface area (Å²) >= 11 is 11.6. The van der Waals surface area contributed by atoms with Gasteiger partial charge in [-0.15, -0.1) is 0 Å². The molecule has 9 nitrogen and oxygen atoms in total. The first-order valence-electron chi connectivity index (χ1n) is 8.74. The molecule has 0 radical (unpaired) electrons. The van der Waals surface area contributed by atoms with E-state index in [1.54, 1.807) is 32.3 Å². The molecule has 0 atom stereocenters. The van der Waals surface area contributed by atoms with Crippen LogP contribution in [0.25, 0.3) is 5.69 Å². The summed E-state index contributed by atoms with van der Waals surface area (Å²) in [7, 11) is -0.851. The summed E-state index contributed by atoms with van der Waals surface area (Å²) in [6.45, 7) is 0. The number of urea groups is 1. The van der Waals surface area contributed by atoms with Gasteiger partial charge in [-0.25, -0.2) is 13.2 Å². The zero-order valence-corrected chi connectivity index (χ0v) is 18.7. The van der Waals surface area contributed by atoms with Crippen molar-refractivity contribution < 1.29 is 13.2 Å². The van der Waals surface area contributed by atoms with Crippen molar-refractivity contribution in [1.82, 2.24) is 14.7 Å². The minimum atomic E-state index is -3.99. The lowest BCUT2D eigenvalue weighted by Crippen LogP contribution is -2.28. The lowest BCUT2D eigenvalue weighted by atomic mass is 10.3. The normalized spacial score (nSPS) is 11.1. The minimum absolute atomic E-state index is 0.0198. The Bertz CT molecular complexity index is 1290. The van der Waals surface area contributed by atoms with E-state index in [0.29, 0.717) is 11.4 Å². The summed E-state index contributed by atoms with van der Waals surface area (Å²) < 4.78 is 29.1. The Morgan fingerprint density at radius 2 is 1.65 bits per heavy atom. The number of benzene rings is 2. The summed E-state index contributed by atoms with van der Waals surface area (Å²) in [6, 6.07) is 11.4. The van der Waals surface area contributed by atoms with Crippen LogP contribution in [0.3, 0.4) is 0 Å². The van der Waals surface area contributed by atoms with Crippen LogP contribution in [0.2, 0.25) is 10.0 Å². The van der Waals surface area contributed by atoms with E-state index in [4.69, 9.17) is 23.2 Å². The Balaban J connectivity index is 1.88. The van der Waals surface area contributed by atoms with Crippen LogP contribution in [-0.4, -0.2) is 43.2 Å². The first kappa shape index (κ1) is 22.6. The van der Waals surface area contributed by atoms with Crippen LogP contribution < -0.4 is 15.6 Å². The number of halogens is 2. The molecule has 0 aliphatic heterocycles. The number of nitrogens with one attached hydrogen (secondary N) is 2. The van der Waals surface area contributed by atoms with E-state index in [2.05, 4.69) is 15.1 Å². The molecule has 3 aromatic rings. The maximum atomic E-state index is 12.8. The Labute approximate surface area is 188 Å². The van der Waals surface area contributed by atoms with Gasteiger partial charge in [0, 0.05) is 14.1 Å². The third-order valence-corrected chi connectivity index (χ3v) is 6.22. The van der Waals surface area contributed by atoms with E-state index >= 15 is 0 Å². The molecule has 2 amide bonds. The molecule has 0 saturated heterocycles. The van der Waals surface area contributed by atoms with Gasteiger partial charge in [0.2, 0.25) is 0 Å². The standard InChI is InChI=1S/C19H17Cl2N5O4S/c1-25(2)19(28)23-15-5-3-4-6-16(15)24-31(29,30)13-9-7-12(8-10-13)26-18(27)17(21)14(20)11-22-26/h3-11,24H,1-2H3,(H,23,28). The fourth-order valence-electron chi connectivity index (χ4n) is 2.47. The third-order valence-electron chi connectivity index (χ3n) is 4.09. The largest absolute Gasteiger partial charge is 0.331 e. The molecule has 1 aromatic heterocycles. The Hall–Kier alpha value is -3.08. The van der Waals surface area contributed by atoms with Crippen LogP contribution in [0.15, 0.2) is 64.4 Å². The summed E-state index contributed by atoms with van der Waals surface area (Å²) in [6.07, 6.45) is 1.22. The molecule has 2 N–H and O–H groups in total. The summed E-state index contributed by atoms with van der Waals surface area (Å²) in [5.41, 5.74) is 0.173. The SMILES string of the molecule is CN(C)C(=O)Nc1ccccc1NS(=O)(=O)c1ccc(-n2ncc(Cl)c(Cl)c2=O)cc1. The Kier molecular flexibility index (Phi) is 6.54. The first-order valence-corrected chi connectivity index (χ1v) is 11.0. The maximum Gasteiger partial charge on any atom is 0.321 e. The average Bonchev–Trinajstić information content (AvgIpc) is 2.73. The highest BCUT2D eigenvalue weighted by Gasteiger charge is 2.18. The number of para-hydroxylation sites is 2. The number of carbonyl (C=O) groups is 1. The molecule has 1 heterocycles.